The van der Waals surface area contributed by atoms with Gasteiger partial charge in [-0.1, -0.05) is 250 Å². The Hall–Kier alpha value is -2.65. The SMILES string of the molecule is C#C/C=C/C[C@@H](O)[C@H]1C/C=C\C/C=C(/CC)O1.C#C/C=C/C[C@@H](O)[C@]1(O)C/C=C\C[C@H](Br)C(CC)O1.C#C/C=C/C[C@H]1O[C@@H]2C[C@H]1OC(CC)[C@@H](Br)C[C@H]2O.C#CC/C=C/C1O[C@H]2C[C@H](Br)[C@@H](CC)O[C@@H]1C[C@@H]2Br.C#CCCC[C@@H](OC(C)=O)[C@H]1C/C=C\C[C@H](Br)C(CC)O1.CC[C@H](Br)[C@H]1C/C=C\C[C@@H]2O[C@@H](/C=C/Br)C[C@@H]2O1. The van der Waals surface area contributed by atoms with Crippen molar-refractivity contribution in [2.45, 2.75) is 372 Å². The molecule has 630 valence electrons. The molecule has 10 rings (SSSR count). The van der Waals surface area contributed by atoms with Crippen molar-refractivity contribution in [2.24, 2.45) is 0 Å². The molecule has 4 N–H and O–H groups in total. The van der Waals surface area contributed by atoms with Crippen LogP contribution < -0.4 is 0 Å². The summed E-state index contributed by atoms with van der Waals surface area (Å²) < 4.78 is 60.0. The number of halogens is 7. The minimum absolute atomic E-state index is 0.00361. The Labute approximate surface area is 737 Å². The zero-order valence-electron chi connectivity index (χ0n) is 67.2. The molecule has 0 amide bonds. The normalized spacial score (nSPS) is 36.2. The number of hydrogen-bond donors (Lipinski definition) is 4. The lowest BCUT2D eigenvalue weighted by Gasteiger charge is -2.44. The molecule has 6 saturated heterocycles. The van der Waals surface area contributed by atoms with Gasteiger partial charge in [-0.2, -0.15) is 0 Å². The molecule has 0 aliphatic carbocycles. The van der Waals surface area contributed by atoms with Crippen LogP contribution in [0.5, 0.6) is 0 Å². The molecule has 22 heteroatoms. The standard InChI is InChI=1S/C17H25BrO3.C15H20Br2O2.2C15H21BrO3.C15H20O2.C14H20Br2O2/c1-4-6-7-11-16(20-13(3)19)17-12-9-8-10-14(18)15(5-2)21-17;1-3-5-6-7-13-15-9-11(17)14(19-13)8-10(16)12(4-2)18-15;1-3-5-6-7-13-15-9-14(19-13)11(17)8-10(16)12(4-2)18-15;1-3-5-6-10-14(17)15(18)11-8-7-9-12(16)13(4-2)19-15;1-3-5-7-11-14(16)15-12-9-6-8-10-13(4-2)17-15;1-2-11(16)12-5-3-4-6-13-14(18-12)9-10(17-13)7-8-15/h1,8-9,14-17H,5-7,10-12H2,2-3H3;1,6-7,10-15H,4-5,8-9H2,2H3;1,5-6,10-15,17H,4,7-9H2,2H3;1,5-8,12-14,17-18H,4,9-11H2,2H3;1,5-7,9-10,14-16H,4,8,11-12H2,2H3;3-4,7-8,10-14H,2,5-6,9H2,1H3/b9-8-;7-6+;6-5+;6-5+,8-7-;7-5+,9-6-,13-10-;4-3-,8-7+/t14-,15?,16+,17+;10-,11-,12+,13?,14-,15+;10-,11+,12?,13+,14+,15+;12-,13?,14+,15-;14-,15-;10-,11-,12+,13-,14-/m000010/s1. The van der Waals surface area contributed by atoms with Crippen molar-refractivity contribution in [1.82, 2.24) is 0 Å². The monoisotopic (exact) mass is 2010 g/mol. The molecular weight excluding hydrogens is 1890 g/mol. The average molecular weight is 2020 g/mol. The van der Waals surface area contributed by atoms with Crippen LogP contribution in [-0.2, 0) is 52.2 Å². The molecule has 0 aromatic rings. The Balaban J connectivity index is 0.000000286. The number of allylic oxidation sites excluding steroid dienone is 9. The highest BCUT2D eigenvalue weighted by Crippen LogP contribution is 2.40. The summed E-state index contributed by atoms with van der Waals surface area (Å²) in [5.74, 6) is 11.6. The molecule has 4 unspecified atom stereocenters. The molecule has 0 radical (unpaired) electrons. The molecule has 10 heterocycles. The van der Waals surface area contributed by atoms with Crippen molar-refractivity contribution in [1.29, 1.82) is 0 Å². The molecule has 113 heavy (non-hydrogen) atoms. The number of aliphatic hydroxyl groups excluding tert-OH is 3. The molecule has 10 aliphatic rings. The first-order valence-corrected chi connectivity index (χ1v) is 47.0. The van der Waals surface area contributed by atoms with E-state index in [4.69, 9.17) is 79.5 Å². The molecule has 0 spiro atoms. The first kappa shape index (κ1) is 103. The van der Waals surface area contributed by atoms with E-state index in [-0.39, 0.29) is 132 Å². The van der Waals surface area contributed by atoms with Crippen LogP contribution in [0.3, 0.4) is 0 Å². The lowest BCUT2D eigenvalue weighted by molar-refractivity contribution is -0.274. The topological polar surface area (TPSA) is 190 Å². The number of alkyl halides is 6. The van der Waals surface area contributed by atoms with Gasteiger partial charge in [-0.05, 0) is 157 Å². The van der Waals surface area contributed by atoms with Gasteiger partial charge in [0.15, 0.2) is 5.79 Å². The smallest absolute Gasteiger partial charge is 0.302 e. The van der Waals surface area contributed by atoms with Gasteiger partial charge in [-0.25, -0.2) is 0 Å². The Morgan fingerprint density at radius 1 is 0.584 bits per heavy atom. The molecule has 0 aromatic heterocycles. The number of unbranched alkanes of at least 4 members (excludes halogenated alkanes) is 1. The number of carbonyl (C=O) groups excluding carboxylic acids is 1. The predicted molar refractivity (Wildman–Crippen MR) is 483 cm³/mol. The summed E-state index contributed by atoms with van der Waals surface area (Å²) in [4.78, 5) is 15.0. The van der Waals surface area contributed by atoms with Crippen molar-refractivity contribution in [2.75, 3.05) is 0 Å². The fraction of sp³-hybridized carbons (Fsp3) is 0.659. The number of ether oxygens (including phenoxy) is 10. The lowest BCUT2D eigenvalue weighted by Crippen LogP contribution is -2.51. The van der Waals surface area contributed by atoms with E-state index in [2.05, 4.69) is 230 Å². The maximum Gasteiger partial charge on any atom is 0.302 e. The van der Waals surface area contributed by atoms with Gasteiger partial charge >= 0.3 is 5.97 Å². The summed E-state index contributed by atoms with van der Waals surface area (Å²) in [5, 5.41) is 40.9. The molecule has 0 saturated carbocycles. The summed E-state index contributed by atoms with van der Waals surface area (Å²) in [6.45, 7) is 14.1. The van der Waals surface area contributed by atoms with Gasteiger partial charge in [-0.3, -0.25) is 4.79 Å². The summed E-state index contributed by atoms with van der Waals surface area (Å²) in [6, 6.07) is 0. The van der Waals surface area contributed by atoms with Crippen LogP contribution in [0, 0.1) is 61.7 Å². The quantitative estimate of drug-likeness (QED) is 0.0248. The highest BCUT2D eigenvalue weighted by Gasteiger charge is 2.46. The highest BCUT2D eigenvalue weighted by atomic mass is 79.9. The highest BCUT2D eigenvalue weighted by molar-refractivity contribution is 9.11. The third-order valence-corrected chi connectivity index (χ3v) is 27.0. The van der Waals surface area contributed by atoms with Crippen LogP contribution in [0.4, 0.5) is 0 Å². The largest absolute Gasteiger partial charge is 0.492 e. The van der Waals surface area contributed by atoms with Gasteiger partial charge in [0, 0.05) is 80.8 Å². The van der Waals surface area contributed by atoms with E-state index in [1.807, 2.05) is 36.2 Å². The predicted octanol–water partition coefficient (Wildman–Crippen LogP) is 20.0. The first-order chi connectivity index (χ1) is 54.4. The van der Waals surface area contributed by atoms with Crippen LogP contribution in [0.1, 0.15) is 215 Å². The van der Waals surface area contributed by atoms with Gasteiger partial charge in [0.1, 0.15) is 24.4 Å². The van der Waals surface area contributed by atoms with E-state index in [1.165, 1.54) is 13.0 Å². The molecule has 27 atom stereocenters. The minimum atomic E-state index is -1.57. The second kappa shape index (κ2) is 59.1. The van der Waals surface area contributed by atoms with E-state index in [0.29, 0.717) is 45.0 Å². The summed E-state index contributed by atoms with van der Waals surface area (Å²) in [5.41, 5.74) is 0. The number of terminal acetylenes is 5. The van der Waals surface area contributed by atoms with E-state index in [1.54, 1.807) is 24.3 Å². The lowest BCUT2D eigenvalue weighted by atomic mass is 9.93. The van der Waals surface area contributed by atoms with Crippen LogP contribution >= 0.6 is 112 Å². The van der Waals surface area contributed by atoms with Gasteiger partial charge in [0.2, 0.25) is 0 Å². The van der Waals surface area contributed by atoms with E-state index >= 15 is 0 Å². The van der Waals surface area contributed by atoms with E-state index in [9.17, 15) is 25.2 Å². The zero-order valence-corrected chi connectivity index (χ0v) is 78.3. The maximum atomic E-state index is 11.4. The third kappa shape index (κ3) is 37.9. The van der Waals surface area contributed by atoms with E-state index < -0.39 is 24.1 Å². The summed E-state index contributed by atoms with van der Waals surface area (Å²) in [7, 11) is 0. The number of hydrogen-bond acceptors (Lipinski definition) is 15. The summed E-state index contributed by atoms with van der Waals surface area (Å²) in [6.07, 6.45) is 81.0. The van der Waals surface area contributed by atoms with Crippen molar-refractivity contribution in [3.05, 3.63) is 120 Å². The van der Waals surface area contributed by atoms with Crippen molar-refractivity contribution in [3.63, 3.8) is 0 Å². The zero-order chi connectivity index (χ0) is 83.1. The van der Waals surface area contributed by atoms with Crippen molar-refractivity contribution >= 4 is 117 Å². The average Bonchev–Trinajstić information content (AvgIpc) is 1.31. The fourth-order valence-electron chi connectivity index (χ4n) is 14.3. The van der Waals surface area contributed by atoms with E-state index in [0.717, 1.165) is 134 Å². The number of esters is 1. The second-order valence-electron chi connectivity index (χ2n) is 29.1. The summed E-state index contributed by atoms with van der Waals surface area (Å²) >= 11 is 25.4. The molecule has 4 bridgehead atoms. The number of carbonyl (C=O) groups is 1. The fourth-order valence-corrected chi connectivity index (χ4v) is 18.8. The second-order valence-corrected chi connectivity index (χ2v) is 36.7. The van der Waals surface area contributed by atoms with Crippen LogP contribution in [0.25, 0.3) is 0 Å². The van der Waals surface area contributed by atoms with Gasteiger partial charge in [-0.15, -0.1) is 44.0 Å². The molecule has 10 aliphatic heterocycles. The molecule has 15 nitrogen and oxygen atoms in total. The Morgan fingerprint density at radius 2 is 1.17 bits per heavy atom. The number of fused-ring (bicyclic) bond motifs is 8. The third-order valence-electron chi connectivity index (χ3n) is 20.6. The van der Waals surface area contributed by atoms with Crippen LogP contribution in [0.15, 0.2) is 120 Å². The van der Waals surface area contributed by atoms with Crippen molar-refractivity contribution < 1.29 is 72.6 Å². The molecular formula is C91H127Br7O15. The number of rotatable bonds is 23. The Kier molecular flexibility index (Phi) is 53.7. The Bertz CT molecular complexity index is 3230. The minimum Gasteiger partial charge on any atom is -0.492 e. The first-order valence-electron chi connectivity index (χ1n) is 40.6. The number of aliphatic hydroxyl groups is 4. The van der Waals surface area contributed by atoms with Crippen molar-refractivity contribution in [3.8, 4) is 61.7 Å². The molecule has 0 aromatic carbocycles. The Morgan fingerprint density at radius 3 is 1.81 bits per heavy atom. The van der Waals surface area contributed by atoms with Crippen LogP contribution in [-0.4, -0.2) is 183 Å². The maximum absolute atomic E-state index is 11.4. The van der Waals surface area contributed by atoms with Crippen LogP contribution in [0.2, 0.25) is 0 Å². The van der Waals surface area contributed by atoms with Gasteiger partial charge < -0.3 is 67.8 Å². The van der Waals surface area contributed by atoms with Gasteiger partial charge in [0.25, 0.3) is 0 Å². The van der Waals surface area contributed by atoms with Gasteiger partial charge in [0.05, 0.1) is 103 Å². The molecule has 6 fully saturated rings.